The first-order valence-electron chi connectivity index (χ1n) is 16.5. The number of ether oxygens (including phenoxy) is 2. The number of hydrogen-bond donors (Lipinski definition) is 2. The third kappa shape index (κ3) is 5.00. The maximum atomic E-state index is 13.5. The average Bonchev–Trinajstić information content (AvgIpc) is 3.66. The van der Waals surface area contributed by atoms with Gasteiger partial charge in [-0.05, 0) is 59.7 Å². The van der Waals surface area contributed by atoms with Crippen LogP contribution in [0.5, 0.6) is 11.5 Å². The van der Waals surface area contributed by atoms with Gasteiger partial charge < -0.3 is 20.9 Å². The van der Waals surface area contributed by atoms with Crippen LogP contribution in [0.25, 0.3) is 33.2 Å². The molecule has 2 atom stereocenters. The van der Waals surface area contributed by atoms with Crippen LogP contribution in [0, 0.1) is 22.7 Å². The molecule has 2 aromatic heterocycles. The van der Waals surface area contributed by atoms with E-state index in [1.165, 1.54) is 9.36 Å². The molecule has 0 aliphatic carbocycles. The first-order valence-corrected chi connectivity index (χ1v) is 16.5. The monoisotopic (exact) mass is 704 g/mol. The van der Waals surface area contributed by atoms with Gasteiger partial charge >= 0.3 is 0 Å². The van der Waals surface area contributed by atoms with Crippen molar-refractivity contribution in [3.8, 4) is 23.6 Å². The van der Waals surface area contributed by atoms with Crippen LogP contribution in [0.15, 0.2) is 127 Å². The minimum absolute atomic E-state index is 0.0845. The standard InChI is InChI=1S/C39H28N8O6/c40-20-30-32(44-36(48)26-6-1-3-8-28(26)38(50)46(44)34(30)42)22-10-14-24(15-11-22)52-18-5-19-53-25-16-12-23(13-17-25)33-31(21-41)35(43)47-39(51)29-9-4-2-7-27(29)37(49)45(33)47/h1-4,6-17,32-33H,5,18-19,42-43H2. The molecule has 0 saturated carbocycles. The van der Waals surface area contributed by atoms with E-state index in [9.17, 15) is 29.7 Å². The summed E-state index contributed by atoms with van der Waals surface area (Å²) in [6.07, 6.45) is 0.530. The van der Waals surface area contributed by atoms with Gasteiger partial charge in [0, 0.05) is 6.42 Å². The molecule has 0 saturated heterocycles. The van der Waals surface area contributed by atoms with Crippen LogP contribution in [-0.2, 0) is 0 Å². The molecule has 2 aliphatic heterocycles. The highest BCUT2D eigenvalue weighted by atomic mass is 16.5. The third-order valence-corrected chi connectivity index (χ3v) is 9.51. The summed E-state index contributed by atoms with van der Waals surface area (Å²) in [5.74, 6) is 0.932. The van der Waals surface area contributed by atoms with E-state index in [0.29, 0.717) is 42.3 Å². The lowest BCUT2D eigenvalue weighted by atomic mass is 10.0. The maximum absolute atomic E-state index is 13.5. The molecule has 4 N–H and O–H groups in total. The Morgan fingerprint density at radius 2 is 0.868 bits per heavy atom. The molecule has 0 radical (unpaired) electrons. The first-order chi connectivity index (χ1) is 25.7. The minimum Gasteiger partial charge on any atom is -0.493 e. The van der Waals surface area contributed by atoms with E-state index in [4.69, 9.17) is 20.9 Å². The Hall–Kier alpha value is -7.58. The Morgan fingerprint density at radius 1 is 0.528 bits per heavy atom. The fraction of sp³-hybridized carbons (Fsp3) is 0.128. The van der Waals surface area contributed by atoms with Crippen LogP contribution in [0.4, 0.5) is 0 Å². The van der Waals surface area contributed by atoms with Gasteiger partial charge in [0.1, 0.15) is 58.5 Å². The molecular weight excluding hydrogens is 676 g/mol. The van der Waals surface area contributed by atoms with E-state index < -0.39 is 34.3 Å². The van der Waals surface area contributed by atoms with E-state index in [1.54, 1.807) is 97.1 Å². The smallest absolute Gasteiger partial charge is 0.279 e. The van der Waals surface area contributed by atoms with Crippen LogP contribution >= 0.6 is 0 Å². The number of benzene rings is 4. The van der Waals surface area contributed by atoms with Gasteiger partial charge in [-0.15, -0.1) is 0 Å². The molecule has 0 bridgehead atoms. The molecule has 4 heterocycles. The van der Waals surface area contributed by atoms with E-state index in [2.05, 4.69) is 12.1 Å². The second-order valence-electron chi connectivity index (χ2n) is 12.4. The number of nitrogens with two attached hydrogens (primary N) is 2. The minimum atomic E-state index is -0.884. The molecule has 0 spiro atoms. The molecule has 8 rings (SSSR count). The van der Waals surface area contributed by atoms with Crippen molar-refractivity contribution < 1.29 is 9.47 Å². The van der Waals surface area contributed by atoms with Gasteiger partial charge in [-0.1, -0.05) is 48.5 Å². The van der Waals surface area contributed by atoms with Crippen molar-refractivity contribution in [1.29, 1.82) is 10.5 Å². The number of allylic oxidation sites excluding steroid dienone is 2. The Bertz CT molecular complexity index is 2700. The summed E-state index contributed by atoms with van der Waals surface area (Å²) >= 11 is 0. The Labute approximate surface area is 299 Å². The van der Waals surface area contributed by atoms with Gasteiger partial charge in [0.05, 0.1) is 34.8 Å². The Morgan fingerprint density at radius 3 is 1.21 bits per heavy atom. The summed E-state index contributed by atoms with van der Waals surface area (Å²) < 4.78 is 16.4. The van der Waals surface area contributed by atoms with Crippen LogP contribution in [0.3, 0.4) is 0 Å². The van der Waals surface area contributed by atoms with E-state index in [0.717, 1.165) is 9.36 Å². The number of fused-ring (bicyclic) bond motifs is 4. The van der Waals surface area contributed by atoms with Crippen LogP contribution in [0.1, 0.15) is 29.6 Å². The number of hydrogen-bond acceptors (Lipinski definition) is 10. The Balaban J connectivity index is 0.927. The second-order valence-corrected chi connectivity index (χ2v) is 12.4. The number of nitrogens with zero attached hydrogens (tertiary/aromatic N) is 6. The van der Waals surface area contributed by atoms with Crippen molar-refractivity contribution >= 4 is 33.2 Å². The molecule has 4 aromatic carbocycles. The molecule has 14 nitrogen and oxygen atoms in total. The SMILES string of the molecule is N#CC1=C(N)n2c(=O)c3ccccc3c(=O)n2C1c1ccc(OCCCOc2ccc(C3C(C#N)=C(N)n4c(=O)c5ccccc5c(=O)n43)cc2)cc1. The van der Waals surface area contributed by atoms with Gasteiger partial charge in [0.2, 0.25) is 0 Å². The molecule has 0 amide bonds. The highest BCUT2D eigenvalue weighted by Gasteiger charge is 2.36. The molecule has 0 fully saturated rings. The molecule has 2 aliphatic rings. The fourth-order valence-electron chi connectivity index (χ4n) is 7.02. The zero-order valence-electron chi connectivity index (χ0n) is 27.8. The molecular formula is C39H28N8O6. The highest BCUT2D eigenvalue weighted by Crippen LogP contribution is 2.34. The average molecular weight is 705 g/mol. The third-order valence-electron chi connectivity index (χ3n) is 9.51. The maximum Gasteiger partial charge on any atom is 0.279 e. The van der Waals surface area contributed by atoms with Gasteiger partial charge in [0.15, 0.2) is 0 Å². The van der Waals surface area contributed by atoms with Crippen molar-refractivity contribution in [1.82, 2.24) is 18.7 Å². The molecule has 2 unspecified atom stereocenters. The van der Waals surface area contributed by atoms with Crippen LogP contribution in [-0.4, -0.2) is 31.9 Å². The molecule has 260 valence electrons. The van der Waals surface area contributed by atoms with Crippen molar-refractivity contribution in [2.24, 2.45) is 11.5 Å². The van der Waals surface area contributed by atoms with Crippen molar-refractivity contribution in [3.63, 3.8) is 0 Å². The van der Waals surface area contributed by atoms with Gasteiger partial charge in [-0.3, -0.25) is 19.2 Å². The fourth-order valence-corrected chi connectivity index (χ4v) is 7.02. The summed E-state index contributed by atoms with van der Waals surface area (Å²) in [7, 11) is 0. The number of aromatic nitrogens is 4. The van der Waals surface area contributed by atoms with E-state index >= 15 is 0 Å². The lowest BCUT2D eigenvalue weighted by Gasteiger charge is -2.17. The zero-order valence-corrected chi connectivity index (χ0v) is 27.8. The molecule has 6 aromatic rings. The zero-order chi connectivity index (χ0) is 37.0. The highest BCUT2D eigenvalue weighted by molar-refractivity contribution is 5.83. The summed E-state index contributed by atoms with van der Waals surface area (Å²) in [6.45, 7) is 0.641. The lowest BCUT2D eigenvalue weighted by molar-refractivity contribution is 0.247. The number of nitriles is 2. The number of rotatable bonds is 8. The predicted molar refractivity (Wildman–Crippen MR) is 196 cm³/mol. The summed E-state index contributed by atoms with van der Waals surface area (Å²) in [6, 6.07) is 29.1. The summed E-state index contributed by atoms with van der Waals surface area (Å²) in [4.78, 5) is 53.5. The van der Waals surface area contributed by atoms with Gasteiger partial charge in [-0.25, -0.2) is 9.36 Å². The van der Waals surface area contributed by atoms with E-state index in [1.807, 2.05) is 0 Å². The lowest BCUT2D eigenvalue weighted by Crippen LogP contribution is -2.38. The summed E-state index contributed by atoms with van der Waals surface area (Å²) in [5.41, 5.74) is 12.0. The van der Waals surface area contributed by atoms with Crippen molar-refractivity contribution in [3.05, 3.63) is 161 Å². The molecule has 53 heavy (non-hydrogen) atoms. The quantitative estimate of drug-likeness (QED) is 0.222. The largest absolute Gasteiger partial charge is 0.493 e. The van der Waals surface area contributed by atoms with Crippen LogP contribution in [0.2, 0.25) is 0 Å². The summed E-state index contributed by atoms with van der Waals surface area (Å²) in [5, 5.41) is 20.8. The second kappa shape index (κ2) is 12.6. The Kier molecular flexibility index (Phi) is 7.77. The van der Waals surface area contributed by atoms with E-state index in [-0.39, 0.29) is 44.3 Å². The molecule has 14 heteroatoms. The van der Waals surface area contributed by atoms with Crippen LogP contribution < -0.4 is 43.2 Å². The van der Waals surface area contributed by atoms with Gasteiger partial charge in [-0.2, -0.15) is 19.9 Å². The van der Waals surface area contributed by atoms with Gasteiger partial charge in [0.25, 0.3) is 22.2 Å². The van der Waals surface area contributed by atoms with Crippen molar-refractivity contribution in [2.45, 2.75) is 18.5 Å². The predicted octanol–water partition coefficient (Wildman–Crippen LogP) is 3.00. The normalized spacial score (nSPS) is 16.0. The first kappa shape index (κ1) is 32.6. The topological polar surface area (TPSA) is 206 Å². The van der Waals surface area contributed by atoms with Crippen molar-refractivity contribution in [2.75, 3.05) is 13.2 Å².